The van der Waals surface area contributed by atoms with E-state index in [0.29, 0.717) is 10.1 Å². The molecule has 5 rings (SSSR count). The Labute approximate surface area is 217 Å². The Hall–Kier alpha value is -3.35. The highest BCUT2D eigenvalue weighted by Gasteiger charge is 2.42. The number of aryl methyl sites for hydroxylation is 1. The van der Waals surface area contributed by atoms with Crippen LogP contribution < -0.4 is 15.1 Å². The first-order valence-electron chi connectivity index (χ1n) is 11.6. The van der Waals surface area contributed by atoms with E-state index < -0.39 is 0 Å². The third-order valence-corrected chi connectivity index (χ3v) is 7.15. The molecule has 0 saturated carbocycles. The van der Waals surface area contributed by atoms with Crippen LogP contribution in [0, 0.1) is 13.8 Å². The second-order valence-electron chi connectivity index (χ2n) is 9.05. The molecule has 1 fully saturated rings. The van der Waals surface area contributed by atoms with Gasteiger partial charge in [-0.15, -0.1) is 0 Å². The van der Waals surface area contributed by atoms with Crippen LogP contribution in [0.4, 0.5) is 11.4 Å². The molecule has 1 N–H and O–H groups in total. The van der Waals surface area contributed by atoms with E-state index >= 15 is 0 Å². The summed E-state index contributed by atoms with van der Waals surface area (Å²) in [5.74, 6) is 0. The third kappa shape index (κ3) is 4.28. The van der Waals surface area contributed by atoms with Crippen LogP contribution >= 0.6 is 23.8 Å². The van der Waals surface area contributed by atoms with Gasteiger partial charge in [0.05, 0.1) is 17.8 Å². The smallest absolute Gasteiger partial charge is 0.174 e. The zero-order valence-corrected chi connectivity index (χ0v) is 21.8. The molecule has 1 aliphatic heterocycles. The van der Waals surface area contributed by atoms with E-state index in [4.69, 9.17) is 23.8 Å². The van der Waals surface area contributed by atoms with Gasteiger partial charge >= 0.3 is 0 Å². The molecule has 7 heteroatoms. The first-order valence-corrected chi connectivity index (χ1v) is 12.4. The summed E-state index contributed by atoms with van der Waals surface area (Å²) in [5, 5.41) is 4.97. The zero-order chi connectivity index (χ0) is 24.7. The molecule has 1 aliphatic rings. The molecule has 2 aromatic heterocycles. The van der Waals surface area contributed by atoms with Gasteiger partial charge in [-0.25, -0.2) is 0 Å². The number of pyridine rings is 1. The van der Waals surface area contributed by atoms with Gasteiger partial charge in [0.2, 0.25) is 0 Å². The van der Waals surface area contributed by atoms with Crippen molar-refractivity contribution >= 4 is 40.3 Å². The first kappa shape index (κ1) is 23.4. The van der Waals surface area contributed by atoms with Crippen LogP contribution in [-0.2, 0) is 0 Å². The van der Waals surface area contributed by atoms with E-state index in [1.54, 1.807) is 0 Å². The van der Waals surface area contributed by atoms with Crippen LogP contribution in [0.3, 0.4) is 0 Å². The van der Waals surface area contributed by atoms with Crippen LogP contribution in [0.1, 0.15) is 34.7 Å². The summed E-state index contributed by atoms with van der Waals surface area (Å²) in [6, 6.07) is 24.6. The van der Waals surface area contributed by atoms with Crippen LogP contribution in [0.25, 0.3) is 5.69 Å². The molecule has 3 heterocycles. The number of benzene rings is 2. The number of anilines is 2. The average Bonchev–Trinajstić information content (AvgIpc) is 3.34. The van der Waals surface area contributed by atoms with Crippen LogP contribution in [-0.4, -0.2) is 28.8 Å². The molecule has 0 amide bonds. The quantitative estimate of drug-likeness (QED) is 0.321. The maximum atomic E-state index is 6.33. The number of nitrogens with one attached hydrogen (secondary N) is 1. The molecule has 0 radical (unpaired) electrons. The molecule has 2 atom stereocenters. The molecule has 0 aliphatic carbocycles. The van der Waals surface area contributed by atoms with Gasteiger partial charge in [0.15, 0.2) is 5.11 Å². The minimum atomic E-state index is -0.0921. The zero-order valence-electron chi connectivity index (χ0n) is 20.2. The lowest BCUT2D eigenvalue weighted by atomic mass is 9.96. The number of aromatic nitrogens is 2. The predicted molar refractivity (Wildman–Crippen MR) is 149 cm³/mol. The highest BCUT2D eigenvalue weighted by atomic mass is 35.5. The largest absolute Gasteiger partial charge is 0.378 e. The number of hydrogen-bond acceptors (Lipinski definition) is 3. The summed E-state index contributed by atoms with van der Waals surface area (Å²) in [6.45, 7) is 4.29. The Bertz CT molecular complexity index is 1360. The van der Waals surface area contributed by atoms with Gasteiger partial charge < -0.3 is 19.7 Å². The molecule has 0 unspecified atom stereocenters. The summed E-state index contributed by atoms with van der Waals surface area (Å²) in [6.07, 6.45) is 1.83. The molecule has 5 nitrogen and oxygen atoms in total. The normalized spacial score (nSPS) is 17.5. The fourth-order valence-electron chi connectivity index (χ4n) is 4.96. The van der Waals surface area contributed by atoms with E-state index in [-0.39, 0.29) is 12.1 Å². The molecule has 178 valence electrons. The van der Waals surface area contributed by atoms with Crippen molar-refractivity contribution in [3.05, 3.63) is 107 Å². The summed E-state index contributed by atoms with van der Waals surface area (Å²) < 4.78 is 2.26. The number of halogens is 1. The van der Waals surface area contributed by atoms with E-state index in [9.17, 15) is 0 Å². The average molecular weight is 502 g/mol. The lowest BCUT2D eigenvalue weighted by Crippen LogP contribution is -2.29. The van der Waals surface area contributed by atoms with Crippen molar-refractivity contribution in [2.75, 3.05) is 23.9 Å². The minimum Gasteiger partial charge on any atom is -0.378 e. The van der Waals surface area contributed by atoms with E-state index in [2.05, 4.69) is 81.0 Å². The molecule has 2 aromatic carbocycles. The van der Waals surface area contributed by atoms with E-state index in [1.165, 1.54) is 5.56 Å². The standard InChI is InChI=1S/C28H28ClN5S/c1-18-16-24(19(2)33(18)23-9-7-8-20(29)17-23)27-26(25-10-5-6-15-30-25)31-28(35)34(27)22-13-11-21(12-14-22)32(3)4/h5-17,26-27H,1-4H3,(H,31,35)/t26-,27+/m1/s1. The van der Waals surface area contributed by atoms with Crippen LogP contribution in [0.2, 0.25) is 5.02 Å². The summed E-state index contributed by atoms with van der Waals surface area (Å²) in [5.41, 5.74) is 7.68. The number of nitrogens with zero attached hydrogens (tertiary/aromatic N) is 4. The van der Waals surface area contributed by atoms with Gasteiger partial charge in [-0.3, -0.25) is 4.98 Å². The Morgan fingerprint density at radius 1 is 0.943 bits per heavy atom. The maximum Gasteiger partial charge on any atom is 0.174 e. The van der Waals surface area contributed by atoms with Gasteiger partial charge in [0.1, 0.15) is 0 Å². The number of hydrogen-bond donors (Lipinski definition) is 1. The Balaban J connectivity index is 1.66. The second-order valence-corrected chi connectivity index (χ2v) is 9.87. The lowest BCUT2D eigenvalue weighted by Gasteiger charge is -2.28. The van der Waals surface area contributed by atoms with Gasteiger partial charge in [-0.1, -0.05) is 23.7 Å². The lowest BCUT2D eigenvalue weighted by molar-refractivity contribution is 0.565. The third-order valence-electron chi connectivity index (χ3n) is 6.60. The van der Waals surface area contributed by atoms with Crippen molar-refractivity contribution in [3.8, 4) is 5.69 Å². The second kappa shape index (κ2) is 9.36. The topological polar surface area (TPSA) is 36.3 Å². The molecule has 1 saturated heterocycles. The Morgan fingerprint density at radius 2 is 1.71 bits per heavy atom. The first-order chi connectivity index (χ1) is 16.8. The van der Waals surface area contributed by atoms with Crippen molar-refractivity contribution in [2.45, 2.75) is 25.9 Å². The van der Waals surface area contributed by atoms with Crippen molar-refractivity contribution in [1.82, 2.24) is 14.9 Å². The van der Waals surface area contributed by atoms with Crippen molar-refractivity contribution in [3.63, 3.8) is 0 Å². The Morgan fingerprint density at radius 3 is 2.37 bits per heavy atom. The molecule has 0 bridgehead atoms. The van der Waals surface area contributed by atoms with Crippen molar-refractivity contribution < 1.29 is 0 Å². The highest BCUT2D eigenvalue weighted by Crippen LogP contribution is 2.44. The predicted octanol–water partition coefficient (Wildman–Crippen LogP) is 6.39. The summed E-state index contributed by atoms with van der Waals surface area (Å²) in [4.78, 5) is 9.00. The fourth-order valence-corrected chi connectivity index (χ4v) is 5.49. The summed E-state index contributed by atoms with van der Waals surface area (Å²) in [7, 11) is 4.09. The summed E-state index contributed by atoms with van der Waals surface area (Å²) >= 11 is 12.2. The van der Waals surface area contributed by atoms with Gasteiger partial charge in [0, 0.05) is 53.8 Å². The van der Waals surface area contributed by atoms with Crippen LogP contribution in [0.5, 0.6) is 0 Å². The number of thiocarbonyl (C=S) groups is 1. The highest BCUT2D eigenvalue weighted by molar-refractivity contribution is 7.80. The molecular weight excluding hydrogens is 474 g/mol. The van der Waals surface area contributed by atoms with E-state index in [1.807, 2.05) is 50.6 Å². The van der Waals surface area contributed by atoms with Crippen molar-refractivity contribution in [2.24, 2.45) is 0 Å². The van der Waals surface area contributed by atoms with Crippen LogP contribution in [0.15, 0.2) is 79.0 Å². The molecular formula is C28H28ClN5S. The molecule has 0 spiro atoms. The Kier molecular flexibility index (Phi) is 6.26. The number of rotatable bonds is 5. The fraction of sp³-hybridized carbons (Fsp3) is 0.214. The van der Waals surface area contributed by atoms with Crippen molar-refractivity contribution in [1.29, 1.82) is 0 Å². The maximum absolute atomic E-state index is 6.33. The van der Waals surface area contributed by atoms with E-state index in [0.717, 1.165) is 34.1 Å². The molecule has 35 heavy (non-hydrogen) atoms. The molecule has 4 aromatic rings. The monoisotopic (exact) mass is 501 g/mol. The minimum absolute atomic E-state index is 0.0678. The van der Waals surface area contributed by atoms with Gasteiger partial charge in [-0.2, -0.15) is 0 Å². The van der Waals surface area contributed by atoms with Gasteiger partial charge in [-0.05, 0) is 92.3 Å². The SMILES string of the molecule is Cc1cc([C@H]2[C@@H](c3ccccn3)NC(=S)N2c2ccc(N(C)C)cc2)c(C)n1-c1cccc(Cl)c1. The van der Waals surface area contributed by atoms with Gasteiger partial charge in [0.25, 0.3) is 0 Å².